The Morgan fingerprint density at radius 2 is 2.11 bits per heavy atom. The van der Waals surface area contributed by atoms with Gasteiger partial charge in [0.2, 0.25) is 0 Å². The average Bonchev–Trinajstić information content (AvgIpc) is 2.67. The second-order valence-electron chi connectivity index (χ2n) is 5.69. The fourth-order valence-corrected chi connectivity index (χ4v) is 2.80. The van der Waals surface area contributed by atoms with E-state index in [1.807, 2.05) is 19.9 Å². The summed E-state index contributed by atoms with van der Waals surface area (Å²) in [5.41, 5.74) is 0.924. The van der Waals surface area contributed by atoms with E-state index in [9.17, 15) is 4.79 Å². The Labute approximate surface area is 115 Å². The van der Waals surface area contributed by atoms with Crippen LogP contribution in [0.15, 0.2) is 30.3 Å². The van der Waals surface area contributed by atoms with Crippen molar-refractivity contribution in [2.24, 2.45) is 11.3 Å². The number of carbonyl (C=O) groups is 1. The summed E-state index contributed by atoms with van der Waals surface area (Å²) in [6.07, 6.45) is 0. The topological polar surface area (TPSA) is 29.5 Å². The normalized spacial score (nSPS) is 27.4. The molecule has 0 N–H and O–H groups in total. The molecule has 1 aliphatic rings. The highest BCUT2D eigenvalue weighted by atomic mass is 16.5. The molecule has 1 aromatic rings. The van der Waals surface area contributed by atoms with Gasteiger partial charge in [0.25, 0.3) is 0 Å². The molecular formula is C16H23NO2. The van der Waals surface area contributed by atoms with Crippen LogP contribution in [0, 0.1) is 11.3 Å². The summed E-state index contributed by atoms with van der Waals surface area (Å²) in [5, 5.41) is 0. The van der Waals surface area contributed by atoms with Crippen LogP contribution in [0.5, 0.6) is 0 Å². The summed E-state index contributed by atoms with van der Waals surface area (Å²) in [4.78, 5) is 14.5. The first kappa shape index (κ1) is 14.1. The van der Waals surface area contributed by atoms with Gasteiger partial charge in [0.15, 0.2) is 0 Å². The SMILES string of the molecule is CCOC(=O)C1(C)CN(Cc2ccccc2)CC1C. The lowest BCUT2D eigenvalue weighted by atomic mass is 9.81. The molecular weight excluding hydrogens is 238 g/mol. The van der Waals surface area contributed by atoms with Crippen LogP contribution >= 0.6 is 0 Å². The molecule has 2 atom stereocenters. The first-order valence-corrected chi connectivity index (χ1v) is 6.99. The van der Waals surface area contributed by atoms with E-state index in [0.717, 1.165) is 19.6 Å². The van der Waals surface area contributed by atoms with Gasteiger partial charge in [-0.3, -0.25) is 9.69 Å². The number of rotatable bonds is 4. The Morgan fingerprint density at radius 3 is 2.74 bits per heavy atom. The Morgan fingerprint density at radius 1 is 1.42 bits per heavy atom. The highest BCUT2D eigenvalue weighted by Gasteiger charge is 2.47. The zero-order valence-electron chi connectivity index (χ0n) is 12.1. The quantitative estimate of drug-likeness (QED) is 0.780. The molecule has 19 heavy (non-hydrogen) atoms. The van der Waals surface area contributed by atoms with Crippen LogP contribution in [0.1, 0.15) is 26.3 Å². The molecule has 0 bridgehead atoms. The predicted octanol–water partition coefficient (Wildman–Crippen LogP) is 2.71. The van der Waals surface area contributed by atoms with Crippen molar-refractivity contribution in [3.63, 3.8) is 0 Å². The van der Waals surface area contributed by atoms with Crippen molar-refractivity contribution in [3.8, 4) is 0 Å². The van der Waals surface area contributed by atoms with Crippen LogP contribution in [0.25, 0.3) is 0 Å². The Hall–Kier alpha value is -1.35. The molecule has 0 aromatic heterocycles. The maximum absolute atomic E-state index is 12.1. The summed E-state index contributed by atoms with van der Waals surface area (Å²) in [6.45, 7) is 9.12. The fourth-order valence-electron chi connectivity index (χ4n) is 2.80. The van der Waals surface area contributed by atoms with Gasteiger partial charge in [-0.2, -0.15) is 0 Å². The van der Waals surface area contributed by atoms with Crippen molar-refractivity contribution in [3.05, 3.63) is 35.9 Å². The average molecular weight is 261 g/mol. The molecule has 2 rings (SSSR count). The molecule has 2 unspecified atom stereocenters. The van der Waals surface area contributed by atoms with Gasteiger partial charge in [0.05, 0.1) is 12.0 Å². The maximum atomic E-state index is 12.1. The molecule has 0 radical (unpaired) electrons. The number of hydrogen-bond donors (Lipinski definition) is 0. The zero-order chi connectivity index (χ0) is 13.9. The van der Waals surface area contributed by atoms with Crippen LogP contribution < -0.4 is 0 Å². The molecule has 104 valence electrons. The number of benzene rings is 1. The van der Waals surface area contributed by atoms with Gasteiger partial charge < -0.3 is 4.74 Å². The van der Waals surface area contributed by atoms with E-state index < -0.39 is 0 Å². The fraction of sp³-hybridized carbons (Fsp3) is 0.562. The highest BCUT2D eigenvalue weighted by molar-refractivity contribution is 5.77. The molecule has 0 spiro atoms. The number of esters is 1. The van der Waals surface area contributed by atoms with Crippen LogP contribution in [-0.4, -0.2) is 30.6 Å². The van der Waals surface area contributed by atoms with Gasteiger partial charge in [-0.25, -0.2) is 0 Å². The summed E-state index contributed by atoms with van der Waals surface area (Å²) in [5.74, 6) is 0.272. The minimum atomic E-state index is -0.370. The monoisotopic (exact) mass is 261 g/mol. The van der Waals surface area contributed by atoms with Gasteiger partial charge in [0.1, 0.15) is 0 Å². The van der Waals surface area contributed by atoms with E-state index in [0.29, 0.717) is 12.5 Å². The molecule has 0 saturated carbocycles. The zero-order valence-corrected chi connectivity index (χ0v) is 12.1. The van der Waals surface area contributed by atoms with Gasteiger partial charge in [-0.05, 0) is 25.3 Å². The van der Waals surface area contributed by atoms with Gasteiger partial charge in [0, 0.05) is 19.6 Å². The summed E-state index contributed by atoms with van der Waals surface area (Å²) >= 11 is 0. The largest absolute Gasteiger partial charge is 0.466 e. The van der Waals surface area contributed by atoms with E-state index in [2.05, 4.69) is 36.1 Å². The van der Waals surface area contributed by atoms with Gasteiger partial charge >= 0.3 is 5.97 Å². The van der Waals surface area contributed by atoms with E-state index >= 15 is 0 Å². The van der Waals surface area contributed by atoms with Crippen LogP contribution in [0.2, 0.25) is 0 Å². The molecule has 0 aliphatic carbocycles. The van der Waals surface area contributed by atoms with Crippen molar-refractivity contribution in [1.82, 2.24) is 4.90 Å². The van der Waals surface area contributed by atoms with Crippen LogP contribution in [0.3, 0.4) is 0 Å². The molecule has 1 heterocycles. The van der Waals surface area contributed by atoms with E-state index in [1.54, 1.807) is 0 Å². The summed E-state index contributed by atoms with van der Waals surface area (Å²) in [7, 11) is 0. The molecule has 1 aliphatic heterocycles. The summed E-state index contributed by atoms with van der Waals surface area (Å²) < 4.78 is 5.23. The lowest BCUT2D eigenvalue weighted by Gasteiger charge is -2.25. The van der Waals surface area contributed by atoms with Gasteiger partial charge in [-0.1, -0.05) is 37.3 Å². The molecule has 1 fully saturated rings. The number of ether oxygens (including phenoxy) is 1. The van der Waals surface area contributed by atoms with Crippen molar-refractivity contribution in [1.29, 1.82) is 0 Å². The minimum Gasteiger partial charge on any atom is -0.466 e. The number of likely N-dealkylation sites (tertiary alicyclic amines) is 1. The molecule has 1 saturated heterocycles. The van der Waals surface area contributed by atoms with E-state index in [-0.39, 0.29) is 11.4 Å². The third-order valence-electron chi connectivity index (χ3n) is 4.16. The first-order chi connectivity index (χ1) is 9.06. The maximum Gasteiger partial charge on any atom is 0.313 e. The molecule has 0 amide bonds. The van der Waals surface area contributed by atoms with Crippen LogP contribution in [-0.2, 0) is 16.1 Å². The third kappa shape index (κ3) is 2.98. The standard InChI is InChI=1S/C16H23NO2/c1-4-19-15(18)16(3)12-17(10-13(16)2)11-14-8-6-5-7-9-14/h5-9,13H,4,10-12H2,1-3H3. The van der Waals surface area contributed by atoms with E-state index in [1.165, 1.54) is 5.56 Å². The molecule has 1 aromatic carbocycles. The highest BCUT2D eigenvalue weighted by Crippen LogP contribution is 2.37. The lowest BCUT2D eigenvalue weighted by Crippen LogP contribution is -2.36. The second kappa shape index (κ2) is 5.74. The Bertz CT molecular complexity index is 432. The smallest absolute Gasteiger partial charge is 0.313 e. The van der Waals surface area contributed by atoms with E-state index in [4.69, 9.17) is 4.74 Å². The third-order valence-corrected chi connectivity index (χ3v) is 4.16. The van der Waals surface area contributed by atoms with Crippen molar-refractivity contribution < 1.29 is 9.53 Å². The van der Waals surface area contributed by atoms with Crippen molar-refractivity contribution in [2.75, 3.05) is 19.7 Å². The van der Waals surface area contributed by atoms with Crippen LogP contribution in [0.4, 0.5) is 0 Å². The van der Waals surface area contributed by atoms with Crippen molar-refractivity contribution >= 4 is 5.97 Å². The van der Waals surface area contributed by atoms with Crippen molar-refractivity contribution in [2.45, 2.75) is 27.3 Å². The lowest BCUT2D eigenvalue weighted by molar-refractivity contribution is -0.155. The Balaban J connectivity index is 2.03. The Kier molecular flexibility index (Phi) is 4.25. The number of carbonyl (C=O) groups excluding carboxylic acids is 1. The molecule has 3 nitrogen and oxygen atoms in total. The molecule has 3 heteroatoms. The number of nitrogens with zero attached hydrogens (tertiary/aromatic N) is 1. The first-order valence-electron chi connectivity index (χ1n) is 6.99. The van der Waals surface area contributed by atoms with Gasteiger partial charge in [-0.15, -0.1) is 0 Å². The minimum absolute atomic E-state index is 0.0574. The summed E-state index contributed by atoms with van der Waals surface area (Å²) in [6, 6.07) is 10.4. The predicted molar refractivity (Wildman–Crippen MR) is 75.6 cm³/mol. The second-order valence-corrected chi connectivity index (χ2v) is 5.69. The number of hydrogen-bond acceptors (Lipinski definition) is 3.